The van der Waals surface area contributed by atoms with Gasteiger partial charge in [-0.3, -0.25) is 4.79 Å². The van der Waals surface area contributed by atoms with E-state index in [9.17, 15) is 9.59 Å². The van der Waals surface area contributed by atoms with Gasteiger partial charge >= 0.3 is 6.03 Å². The van der Waals surface area contributed by atoms with E-state index in [1.165, 1.54) is 0 Å². The van der Waals surface area contributed by atoms with Crippen molar-refractivity contribution in [1.29, 1.82) is 0 Å². The van der Waals surface area contributed by atoms with Crippen LogP contribution in [0.25, 0.3) is 0 Å². The van der Waals surface area contributed by atoms with Crippen molar-refractivity contribution in [1.82, 2.24) is 4.90 Å². The highest BCUT2D eigenvalue weighted by molar-refractivity contribution is 6.30. The van der Waals surface area contributed by atoms with E-state index in [0.29, 0.717) is 23.7 Å². The Bertz CT molecular complexity index is 694. The normalized spacial score (nSPS) is 16.6. The lowest BCUT2D eigenvalue weighted by atomic mass is 10.2. The largest absolute Gasteiger partial charge is 0.324 e. The van der Waals surface area contributed by atoms with Crippen LogP contribution >= 0.6 is 11.6 Å². The number of halogens is 1. The standard InChI is InChI=1S/C19H20ClN3O2/c1-13-4-8-16(9-5-13)22-19(25)23-12-2-3-17(23)18(24)21-15-10-6-14(20)7-11-15/h4-11,17H,2-3,12H2,1H3,(H,21,24)(H,22,25)/t17-/m0/s1. The second-order valence-corrected chi connectivity index (χ2v) is 6.58. The molecule has 2 N–H and O–H groups in total. The number of benzene rings is 2. The van der Waals surface area contributed by atoms with Crippen LogP contribution in [0.1, 0.15) is 18.4 Å². The number of anilines is 2. The smallest absolute Gasteiger partial charge is 0.322 e. The monoisotopic (exact) mass is 357 g/mol. The Morgan fingerprint density at radius 2 is 1.60 bits per heavy atom. The van der Waals surface area contributed by atoms with E-state index in [4.69, 9.17) is 11.6 Å². The minimum Gasteiger partial charge on any atom is -0.324 e. The molecule has 1 fully saturated rings. The SMILES string of the molecule is Cc1ccc(NC(=O)N2CCC[C@H]2C(=O)Nc2ccc(Cl)cc2)cc1. The Balaban J connectivity index is 1.64. The summed E-state index contributed by atoms with van der Waals surface area (Å²) in [4.78, 5) is 26.7. The summed E-state index contributed by atoms with van der Waals surface area (Å²) in [5.74, 6) is -0.182. The number of hydrogen-bond acceptors (Lipinski definition) is 2. The third kappa shape index (κ3) is 4.31. The first-order chi connectivity index (χ1) is 12.0. The van der Waals surface area contributed by atoms with Gasteiger partial charge in [0.05, 0.1) is 0 Å². The number of likely N-dealkylation sites (tertiary alicyclic amines) is 1. The fourth-order valence-corrected chi connectivity index (χ4v) is 3.00. The van der Waals surface area contributed by atoms with Crippen molar-refractivity contribution >= 4 is 34.9 Å². The van der Waals surface area contributed by atoms with Gasteiger partial charge in [0.1, 0.15) is 6.04 Å². The van der Waals surface area contributed by atoms with E-state index >= 15 is 0 Å². The number of carbonyl (C=O) groups is 2. The molecule has 2 aromatic rings. The van der Waals surface area contributed by atoms with Crippen LogP contribution in [0.15, 0.2) is 48.5 Å². The van der Waals surface area contributed by atoms with Crippen molar-refractivity contribution < 1.29 is 9.59 Å². The van der Waals surface area contributed by atoms with Crippen molar-refractivity contribution in [2.75, 3.05) is 17.2 Å². The van der Waals surface area contributed by atoms with Gasteiger partial charge in [0.15, 0.2) is 0 Å². The van der Waals surface area contributed by atoms with Gasteiger partial charge in [-0.05, 0) is 56.2 Å². The van der Waals surface area contributed by atoms with Crippen LogP contribution in [-0.2, 0) is 4.79 Å². The van der Waals surface area contributed by atoms with Crippen molar-refractivity contribution in [2.24, 2.45) is 0 Å². The Morgan fingerprint density at radius 1 is 1.00 bits per heavy atom. The highest BCUT2D eigenvalue weighted by Crippen LogP contribution is 2.21. The topological polar surface area (TPSA) is 61.4 Å². The van der Waals surface area contributed by atoms with E-state index in [-0.39, 0.29) is 11.9 Å². The number of aryl methyl sites for hydroxylation is 1. The minimum absolute atomic E-state index is 0.182. The summed E-state index contributed by atoms with van der Waals surface area (Å²) in [5, 5.41) is 6.31. The molecule has 0 aromatic heterocycles. The third-order valence-electron chi connectivity index (χ3n) is 4.23. The number of hydrogen-bond donors (Lipinski definition) is 2. The average molecular weight is 358 g/mol. The number of nitrogens with one attached hydrogen (secondary N) is 2. The molecule has 6 heteroatoms. The van der Waals surface area contributed by atoms with Crippen LogP contribution < -0.4 is 10.6 Å². The zero-order valence-electron chi connectivity index (χ0n) is 14.0. The van der Waals surface area contributed by atoms with E-state index in [1.807, 2.05) is 31.2 Å². The molecule has 1 heterocycles. The summed E-state index contributed by atoms with van der Waals surface area (Å²) in [7, 11) is 0. The molecule has 0 spiro atoms. The van der Waals surface area contributed by atoms with Crippen molar-refractivity contribution in [3.63, 3.8) is 0 Å². The number of amides is 3. The zero-order chi connectivity index (χ0) is 17.8. The first kappa shape index (κ1) is 17.3. The van der Waals surface area contributed by atoms with Crippen LogP contribution in [-0.4, -0.2) is 29.4 Å². The molecule has 1 aliphatic heterocycles. The molecule has 5 nitrogen and oxygen atoms in total. The van der Waals surface area contributed by atoms with Crippen LogP contribution in [0.3, 0.4) is 0 Å². The molecule has 25 heavy (non-hydrogen) atoms. The molecule has 130 valence electrons. The number of nitrogens with zero attached hydrogens (tertiary/aromatic N) is 1. The second kappa shape index (κ2) is 7.57. The lowest BCUT2D eigenvalue weighted by Crippen LogP contribution is -2.45. The van der Waals surface area contributed by atoms with Gasteiger partial charge in [0.2, 0.25) is 5.91 Å². The first-order valence-corrected chi connectivity index (χ1v) is 8.61. The van der Waals surface area contributed by atoms with Crippen molar-refractivity contribution in [2.45, 2.75) is 25.8 Å². The molecule has 2 aromatic carbocycles. The Labute approximate surface area is 152 Å². The number of carbonyl (C=O) groups excluding carboxylic acids is 2. The van der Waals surface area contributed by atoms with E-state index in [2.05, 4.69) is 10.6 Å². The number of rotatable bonds is 3. The van der Waals surface area contributed by atoms with Gasteiger partial charge in [0, 0.05) is 22.9 Å². The second-order valence-electron chi connectivity index (χ2n) is 6.14. The highest BCUT2D eigenvalue weighted by atomic mass is 35.5. The molecule has 0 radical (unpaired) electrons. The van der Waals surface area contributed by atoms with Gasteiger partial charge in [0.25, 0.3) is 0 Å². The predicted molar refractivity (Wildman–Crippen MR) is 100 cm³/mol. The molecule has 0 aliphatic carbocycles. The summed E-state index contributed by atoms with van der Waals surface area (Å²) in [5.41, 5.74) is 2.51. The molecule has 0 unspecified atom stereocenters. The minimum atomic E-state index is -0.471. The van der Waals surface area contributed by atoms with Gasteiger partial charge in [-0.1, -0.05) is 29.3 Å². The summed E-state index contributed by atoms with van der Waals surface area (Å²) in [6.07, 6.45) is 1.46. The lowest BCUT2D eigenvalue weighted by molar-refractivity contribution is -0.119. The Kier molecular flexibility index (Phi) is 5.24. The van der Waals surface area contributed by atoms with Crippen LogP contribution in [0.4, 0.5) is 16.2 Å². The van der Waals surface area contributed by atoms with Crippen molar-refractivity contribution in [3.8, 4) is 0 Å². The molecule has 0 bridgehead atoms. The van der Waals surface area contributed by atoms with Gasteiger partial charge in [-0.2, -0.15) is 0 Å². The van der Waals surface area contributed by atoms with Crippen LogP contribution in [0.2, 0.25) is 5.02 Å². The summed E-state index contributed by atoms with van der Waals surface area (Å²) in [6, 6.07) is 13.8. The fourth-order valence-electron chi connectivity index (χ4n) is 2.87. The molecule has 3 rings (SSSR count). The maximum absolute atomic E-state index is 12.5. The molecular weight excluding hydrogens is 338 g/mol. The lowest BCUT2D eigenvalue weighted by Gasteiger charge is -2.24. The summed E-state index contributed by atoms with van der Waals surface area (Å²) < 4.78 is 0. The molecule has 1 aliphatic rings. The third-order valence-corrected chi connectivity index (χ3v) is 4.48. The fraction of sp³-hybridized carbons (Fsp3) is 0.263. The Morgan fingerprint density at radius 3 is 2.28 bits per heavy atom. The predicted octanol–water partition coefficient (Wildman–Crippen LogP) is 4.28. The van der Waals surface area contributed by atoms with E-state index < -0.39 is 6.04 Å². The average Bonchev–Trinajstić information content (AvgIpc) is 3.09. The van der Waals surface area contributed by atoms with E-state index in [0.717, 1.165) is 17.7 Å². The van der Waals surface area contributed by atoms with Gasteiger partial charge < -0.3 is 15.5 Å². The molecule has 3 amide bonds. The maximum Gasteiger partial charge on any atom is 0.322 e. The van der Waals surface area contributed by atoms with E-state index in [1.54, 1.807) is 29.2 Å². The van der Waals surface area contributed by atoms with Crippen LogP contribution in [0, 0.1) is 6.92 Å². The molecule has 1 saturated heterocycles. The zero-order valence-corrected chi connectivity index (χ0v) is 14.7. The quantitative estimate of drug-likeness (QED) is 0.861. The molecule has 1 atom stereocenters. The van der Waals surface area contributed by atoms with Gasteiger partial charge in [-0.15, -0.1) is 0 Å². The summed E-state index contributed by atoms with van der Waals surface area (Å²) in [6.45, 7) is 2.56. The van der Waals surface area contributed by atoms with Crippen molar-refractivity contribution in [3.05, 3.63) is 59.1 Å². The first-order valence-electron chi connectivity index (χ1n) is 8.23. The summed E-state index contributed by atoms with van der Waals surface area (Å²) >= 11 is 5.85. The van der Waals surface area contributed by atoms with Crippen LogP contribution in [0.5, 0.6) is 0 Å². The molecule has 0 saturated carbocycles. The number of urea groups is 1. The maximum atomic E-state index is 12.5. The Hall–Kier alpha value is -2.53. The molecular formula is C19H20ClN3O2. The van der Waals surface area contributed by atoms with Gasteiger partial charge in [-0.25, -0.2) is 4.79 Å². The highest BCUT2D eigenvalue weighted by Gasteiger charge is 2.34.